The predicted molar refractivity (Wildman–Crippen MR) is 67.1 cm³/mol. The number of hydrogen-bond acceptors (Lipinski definition) is 1. The minimum absolute atomic E-state index is 0.0860. The first kappa shape index (κ1) is 11.6. The Balaban J connectivity index is 2.13. The molecule has 1 saturated heterocycles. The van der Waals surface area contributed by atoms with Crippen molar-refractivity contribution in [2.45, 2.75) is 25.0 Å². The van der Waals surface area contributed by atoms with Crippen molar-refractivity contribution in [1.29, 1.82) is 0 Å². The Labute approximate surface area is 107 Å². The van der Waals surface area contributed by atoms with Crippen molar-refractivity contribution < 1.29 is 9.13 Å². The fourth-order valence-electron chi connectivity index (χ4n) is 1.78. The summed E-state index contributed by atoms with van der Waals surface area (Å²) in [5.74, 6) is -0.371. The van der Waals surface area contributed by atoms with Gasteiger partial charge in [0.2, 0.25) is 0 Å². The number of alkyl halides is 1. The highest BCUT2D eigenvalue weighted by molar-refractivity contribution is 14.1. The van der Waals surface area contributed by atoms with Gasteiger partial charge in [-0.3, -0.25) is 0 Å². The molecule has 0 radical (unpaired) electrons. The molecule has 1 aliphatic rings. The van der Waals surface area contributed by atoms with Gasteiger partial charge in [0, 0.05) is 4.43 Å². The maximum atomic E-state index is 13.0. The summed E-state index contributed by atoms with van der Waals surface area (Å²) in [7, 11) is 0. The van der Waals surface area contributed by atoms with Crippen LogP contribution in [0.5, 0.6) is 0 Å². The van der Waals surface area contributed by atoms with Crippen LogP contribution in [-0.4, -0.2) is 10.5 Å². The predicted octanol–water partition coefficient (Wildman–Crippen LogP) is 4.13. The Morgan fingerprint density at radius 3 is 2.87 bits per heavy atom. The Hall–Kier alpha value is 0.130. The van der Waals surface area contributed by atoms with Crippen molar-refractivity contribution in [3.63, 3.8) is 0 Å². The molecule has 15 heavy (non-hydrogen) atoms. The quantitative estimate of drug-likeness (QED) is 0.581. The molecule has 1 fully saturated rings. The van der Waals surface area contributed by atoms with Crippen molar-refractivity contribution in [2.75, 3.05) is 4.43 Å². The summed E-state index contributed by atoms with van der Waals surface area (Å²) >= 11 is 8.05. The van der Waals surface area contributed by atoms with E-state index in [0.29, 0.717) is 6.10 Å². The molecule has 0 bridgehead atoms. The number of benzene rings is 1. The lowest BCUT2D eigenvalue weighted by Crippen LogP contribution is -2.07. The summed E-state index contributed by atoms with van der Waals surface area (Å²) < 4.78 is 19.8. The molecule has 1 nitrogen and oxygen atoms in total. The van der Waals surface area contributed by atoms with Gasteiger partial charge in [-0.1, -0.05) is 40.3 Å². The number of rotatable bonds is 2. The van der Waals surface area contributed by atoms with E-state index in [4.69, 9.17) is 16.3 Å². The standard InChI is InChI=1S/C11H11ClFIO/c12-9-5-7(1-3-10(9)13)11-4-2-8(6-14)15-11/h1,3,5,8,11H,2,4,6H2. The van der Waals surface area contributed by atoms with Crippen molar-refractivity contribution in [3.8, 4) is 0 Å². The molecule has 0 amide bonds. The molecule has 0 spiro atoms. The first-order chi connectivity index (χ1) is 7.20. The van der Waals surface area contributed by atoms with Crippen LogP contribution in [0.1, 0.15) is 24.5 Å². The third-order valence-corrected chi connectivity index (χ3v) is 3.87. The Morgan fingerprint density at radius 2 is 2.27 bits per heavy atom. The van der Waals surface area contributed by atoms with E-state index in [9.17, 15) is 4.39 Å². The van der Waals surface area contributed by atoms with Gasteiger partial charge < -0.3 is 4.74 Å². The third-order valence-electron chi connectivity index (χ3n) is 2.60. The van der Waals surface area contributed by atoms with Gasteiger partial charge in [-0.2, -0.15) is 0 Å². The van der Waals surface area contributed by atoms with E-state index < -0.39 is 0 Å². The molecule has 4 heteroatoms. The van der Waals surface area contributed by atoms with Gasteiger partial charge in [0.25, 0.3) is 0 Å². The van der Waals surface area contributed by atoms with Crippen LogP contribution in [0, 0.1) is 5.82 Å². The van der Waals surface area contributed by atoms with Gasteiger partial charge in [0.05, 0.1) is 17.2 Å². The second kappa shape index (κ2) is 4.97. The summed E-state index contributed by atoms with van der Waals surface area (Å²) in [4.78, 5) is 0. The molecule has 1 aliphatic heterocycles. The molecule has 2 unspecified atom stereocenters. The average Bonchev–Trinajstić information content (AvgIpc) is 2.70. The fourth-order valence-corrected chi connectivity index (χ4v) is 2.61. The molecule has 1 aromatic carbocycles. The highest BCUT2D eigenvalue weighted by Crippen LogP contribution is 2.34. The van der Waals surface area contributed by atoms with Crippen molar-refractivity contribution >= 4 is 34.2 Å². The van der Waals surface area contributed by atoms with Crippen LogP contribution in [0.3, 0.4) is 0 Å². The largest absolute Gasteiger partial charge is 0.370 e. The lowest BCUT2D eigenvalue weighted by atomic mass is 10.1. The zero-order valence-electron chi connectivity index (χ0n) is 8.05. The van der Waals surface area contributed by atoms with E-state index >= 15 is 0 Å². The van der Waals surface area contributed by atoms with Crippen molar-refractivity contribution in [3.05, 3.63) is 34.6 Å². The highest BCUT2D eigenvalue weighted by Gasteiger charge is 2.25. The van der Waals surface area contributed by atoms with Crippen LogP contribution in [0.4, 0.5) is 4.39 Å². The molecule has 0 aliphatic carbocycles. The van der Waals surface area contributed by atoms with Crippen LogP contribution < -0.4 is 0 Å². The van der Waals surface area contributed by atoms with E-state index in [0.717, 1.165) is 22.8 Å². The summed E-state index contributed by atoms with van der Waals surface area (Å²) in [6, 6.07) is 4.82. The third kappa shape index (κ3) is 2.63. The van der Waals surface area contributed by atoms with Crippen LogP contribution in [0.25, 0.3) is 0 Å². The normalized spacial score (nSPS) is 25.8. The van der Waals surface area contributed by atoms with E-state index in [-0.39, 0.29) is 16.9 Å². The molecule has 2 atom stereocenters. The molecular formula is C11H11ClFIO. The second-order valence-electron chi connectivity index (χ2n) is 3.65. The molecule has 0 saturated carbocycles. The number of halogens is 3. The topological polar surface area (TPSA) is 9.23 Å². The maximum Gasteiger partial charge on any atom is 0.141 e. The minimum atomic E-state index is -0.371. The molecular weight excluding hydrogens is 329 g/mol. The van der Waals surface area contributed by atoms with Gasteiger partial charge in [0.1, 0.15) is 5.82 Å². The lowest BCUT2D eigenvalue weighted by molar-refractivity contribution is 0.0597. The Bertz CT molecular complexity index is 358. The zero-order valence-corrected chi connectivity index (χ0v) is 11.0. The van der Waals surface area contributed by atoms with Gasteiger partial charge in [-0.15, -0.1) is 0 Å². The summed E-state index contributed by atoms with van der Waals surface area (Å²) in [6.45, 7) is 0. The highest BCUT2D eigenvalue weighted by atomic mass is 127. The summed E-state index contributed by atoms with van der Waals surface area (Å²) in [5, 5.41) is 0.175. The first-order valence-electron chi connectivity index (χ1n) is 4.87. The Kier molecular flexibility index (Phi) is 3.85. The van der Waals surface area contributed by atoms with E-state index in [1.807, 2.05) is 0 Å². The second-order valence-corrected chi connectivity index (χ2v) is 4.94. The minimum Gasteiger partial charge on any atom is -0.370 e. The van der Waals surface area contributed by atoms with Gasteiger partial charge in [0.15, 0.2) is 0 Å². The fraction of sp³-hybridized carbons (Fsp3) is 0.455. The first-order valence-corrected chi connectivity index (χ1v) is 6.77. The van der Waals surface area contributed by atoms with Gasteiger partial charge in [-0.25, -0.2) is 4.39 Å². The monoisotopic (exact) mass is 340 g/mol. The van der Waals surface area contributed by atoms with Crippen LogP contribution in [-0.2, 0) is 4.74 Å². The zero-order chi connectivity index (χ0) is 10.8. The van der Waals surface area contributed by atoms with Gasteiger partial charge in [-0.05, 0) is 30.5 Å². The van der Waals surface area contributed by atoms with E-state index in [1.54, 1.807) is 12.1 Å². The maximum absolute atomic E-state index is 13.0. The summed E-state index contributed by atoms with van der Waals surface area (Å²) in [5.41, 5.74) is 0.980. The van der Waals surface area contributed by atoms with E-state index in [2.05, 4.69) is 22.6 Å². The SMILES string of the molecule is Fc1ccc(C2CCC(CI)O2)cc1Cl. The molecule has 1 heterocycles. The number of hydrogen-bond donors (Lipinski definition) is 0. The average molecular weight is 341 g/mol. The lowest BCUT2D eigenvalue weighted by Gasteiger charge is -2.12. The van der Waals surface area contributed by atoms with Gasteiger partial charge >= 0.3 is 0 Å². The molecule has 0 N–H and O–H groups in total. The number of ether oxygens (including phenoxy) is 1. The smallest absolute Gasteiger partial charge is 0.141 e. The molecule has 1 aromatic rings. The summed E-state index contributed by atoms with van der Waals surface area (Å²) in [6.07, 6.45) is 2.49. The van der Waals surface area contributed by atoms with Crippen LogP contribution in [0.2, 0.25) is 5.02 Å². The molecule has 2 rings (SSSR count). The van der Waals surface area contributed by atoms with Crippen molar-refractivity contribution in [1.82, 2.24) is 0 Å². The van der Waals surface area contributed by atoms with Crippen LogP contribution >= 0.6 is 34.2 Å². The Morgan fingerprint density at radius 1 is 1.47 bits per heavy atom. The van der Waals surface area contributed by atoms with E-state index in [1.165, 1.54) is 6.07 Å². The molecule has 82 valence electrons. The van der Waals surface area contributed by atoms with Crippen LogP contribution in [0.15, 0.2) is 18.2 Å². The molecule has 0 aromatic heterocycles. The van der Waals surface area contributed by atoms with Crippen molar-refractivity contribution in [2.24, 2.45) is 0 Å².